The Kier molecular flexibility index (Phi) is 3.50. The van der Waals surface area contributed by atoms with Gasteiger partial charge in [-0.15, -0.1) is 0 Å². The normalized spacial score (nSPS) is 15.5. The number of aliphatic hydroxyl groups is 1. The molecule has 2 N–H and O–H groups in total. The number of carbonyl (C=O) groups is 1. The second-order valence-corrected chi connectivity index (χ2v) is 3.86. The molecular formula is C10H16O3. The molecule has 0 fully saturated rings. The second-order valence-electron chi connectivity index (χ2n) is 3.86. The smallest absolute Gasteiger partial charge is 0.348 e. The van der Waals surface area contributed by atoms with E-state index in [9.17, 15) is 9.90 Å². The summed E-state index contributed by atoms with van der Waals surface area (Å²) in [5, 5.41) is 17.8. The van der Waals surface area contributed by atoms with Gasteiger partial charge in [0, 0.05) is 5.41 Å². The molecule has 0 radical (unpaired) electrons. The van der Waals surface area contributed by atoms with E-state index in [0.29, 0.717) is 0 Å². The summed E-state index contributed by atoms with van der Waals surface area (Å²) in [6, 6.07) is 0. The molecule has 0 saturated carbocycles. The van der Waals surface area contributed by atoms with Crippen LogP contribution < -0.4 is 0 Å². The van der Waals surface area contributed by atoms with Crippen molar-refractivity contribution >= 4 is 5.97 Å². The van der Waals surface area contributed by atoms with Crippen molar-refractivity contribution in [2.24, 2.45) is 5.41 Å². The molecule has 3 heteroatoms. The number of rotatable bonds is 2. The fraction of sp³-hybridized carbons (Fsp3) is 0.700. The molecule has 0 aromatic carbocycles. The lowest BCUT2D eigenvalue weighted by Crippen LogP contribution is -2.33. The van der Waals surface area contributed by atoms with Crippen LogP contribution in [0.4, 0.5) is 0 Å². The molecule has 13 heavy (non-hydrogen) atoms. The molecule has 0 aliphatic rings. The van der Waals surface area contributed by atoms with Gasteiger partial charge in [0.2, 0.25) is 5.60 Å². The first-order valence-electron chi connectivity index (χ1n) is 4.21. The molecule has 1 unspecified atom stereocenters. The molecule has 1 atom stereocenters. The topological polar surface area (TPSA) is 57.5 Å². The zero-order valence-corrected chi connectivity index (χ0v) is 8.51. The average Bonchev–Trinajstić information content (AvgIpc) is 2.01. The van der Waals surface area contributed by atoms with Crippen molar-refractivity contribution in [1.82, 2.24) is 0 Å². The molecule has 0 aliphatic carbocycles. The first-order valence-corrected chi connectivity index (χ1v) is 4.21. The van der Waals surface area contributed by atoms with E-state index >= 15 is 0 Å². The molecule has 0 spiro atoms. The maximum absolute atomic E-state index is 10.5. The molecule has 0 amide bonds. The van der Waals surface area contributed by atoms with Crippen LogP contribution in [0.3, 0.4) is 0 Å². The van der Waals surface area contributed by atoms with Crippen LogP contribution in [0, 0.1) is 17.3 Å². The van der Waals surface area contributed by atoms with Crippen LogP contribution in [-0.2, 0) is 4.79 Å². The highest BCUT2D eigenvalue weighted by Crippen LogP contribution is 2.18. The molecule has 0 aliphatic heterocycles. The van der Waals surface area contributed by atoms with Crippen molar-refractivity contribution < 1.29 is 15.0 Å². The summed E-state index contributed by atoms with van der Waals surface area (Å²) >= 11 is 0. The van der Waals surface area contributed by atoms with Gasteiger partial charge in [0.15, 0.2) is 0 Å². The third kappa shape index (κ3) is 3.95. The van der Waals surface area contributed by atoms with Crippen molar-refractivity contribution in [2.75, 3.05) is 0 Å². The van der Waals surface area contributed by atoms with Crippen LogP contribution >= 0.6 is 0 Å². The highest BCUT2D eigenvalue weighted by atomic mass is 16.4. The van der Waals surface area contributed by atoms with Crippen molar-refractivity contribution in [1.29, 1.82) is 0 Å². The lowest BCUT2D eigenvalue weighted by Gasteiger charge is -2.15. The summed E-state index contributed by atoms with van der Waals surface area (Å²) in [5.41, 5.74) is -2.19. The van der Waals surface area contributed by atoms with Gasteiger partial charge in [0.05, 0.1) is 0 Å². The first kappa shape index (κ1) is 12.0. The minimum absolute atomic E-state index is 0.251. The predicted octanol–water partition coefficient (Wildman–Crippen LogP) is 1.26. The van der Waals surface area contributed by atoms with Crippen LogP contribution in [0.5, 0.6) is 0 Å². The highest BCUT2D eigenvalue weighted by molar-refractivity contribution is 5.80. The zero-order valence-electron chi connectivity index (χ0n) is 8.51. The fourth-order valence-corrected chi connectivity index (χ4v) is 0.433. The van der Waals surface area contributed by atoms with Crippen molar-refractivity contribution in [3.05, 3.63) is 0 Å². The minimum atomic E-state index is -1.94. The average molecular weight is 184 g/mol. The summed E-state index contributed by atoms with van der Waals surface area (Å²) < 4.78 is 0. The number of carboxylic acids is 1. The van der Waals surface area contributed by atoms with Gasteiger partial charge in [0.25, 0.3) is 0 Å². The van der Waals surface area contributed by atoms with Gasteiger partial charge >= 0.3 is 5.97 Å². The Bertz CT molecular complexity index is 253. The maximum Gasteiger partial charge on any atom is 0.348 e. The van der Waals surface area contributed by atoms with Crippen LogP contribution in [0.25, 0.3) is 0 Å². The van der Waals surface area contributed by atoms with E-state index in [1.165, 1.54) is 6.92 Å². The van der Waals surface area contributed by atoms with E-state index in [1.807, 2.05) is 20.8 Å². The Balaban J connectivity index is 4.68. The van der Waals surface area contributed by atoms with Crippen LogP contribution in [0.1, 0.15) is 34.1 Å². The SMILES string of the molecule is CCC(C)(C)C#CC(C)(O)C(=O)O. The molecule has 3 nitrogen and oxygen atoms in total. The van der Waals surface area contributed by atoms with E-state index in [0.717, 1.165) is 6.42 Å². The van der Waals surface area contributed by atoms with Crippen LogP contribution in [0.15, 0.2) is 0 Å². The van der Waals surface area contributed by atoms with Gasteiger partial charge in [-0.3, -0.25) is 0 Å². The maximum atomic E-state index is 10.5. The van der Waals surface area contributed by atoms with E-state index in [2.05, 4.69) is 11.8 Å². The monoisotopic (exact) mass is 184 g/mol. The highest BCUT2D eigenvalue weighted by Gasteiger charge is 2.27. The lowest BCUT2D eigenvalue weighted by atomic mass is 9.90. The van der Waals surface area contributed by atoms with Gasteiger partial charge in [0.1, 0.15) is 0 Å². The molecule has 0 bridgehead atoms. The third-order valence-electron chi connectivity index (χ3n) is 1.94. The summed E-state index contributed by atoms with van der Waals surface area (Å²) in [6.45, 7) is 6.94. The standard InChI is InChI=1S/C10H16O3/c1-5-9(2,3)6-7-10(4,13)8(11)12/h13H,5H2,1-4H3,(H,11,12). The molecular weight excluding hydrogens is 168 g/mol. The quantitative estimate of drug-likeness (QED) is 0.635. The van der Waals surface area contributed by atoms with E-state index in [4.69, 9.17) is 5.11 Å². The molecule has 0 aromatic rings. The molecule has 74 valence electrons. The largest absolute Gasteiger partial charge is 0.478 e. The summed E-state index contributed by atoms with van der Waals surface area (Å²) in [4.78, 5) is 10.5. The van der Waals surface area contributed by atoms with E-state index < -0.39 is 11.6 Å². The zero-order chi connectivity index (χ0) is 10.7. The molecule has 0 heterocycles. The van der Waals surface area contributed by atoms with Gasteiger partial charge < -0.3 is 10.2 Å². The van der Waals surface area contributed by atoms with Crippen LogP contribution in [-0.4, -0.2) is 21.8 Å². The third-order valence-corrected chi connectivity index (χ3v) is 1.94. The number of carboxylic acid groups (broad SMARTS) is 1. The Labute approximate surface area is 78.8 Å². The summed E-state index contributed by atoms with van der Waals surface area (Å²) in [7, 11) is 0. The predicted molar refractivity (Wildman–Crippen MR) is 50.1 cm³/mol. The Morgan fingerprint density at radius 3 is 2.08 bits per heavy atom. The van der Waals surface area contributed by atoms with Gasteiger partial charge in [-0.1, -0.05) is 18.8 Å². The van der Waals surface area contributed by atoms with Crippen molar-refractivity contribution in [3.8, 4) is 11.8 Å². The summed E-state index contributed by atoms with van der Waals surface area (Å²) in [6.07, 6.45) is 0.815. The van der Waals surface area contributed by atoms with Crippen LogP contribution in [0.2, 0.25) is 0 Å². The van der Waals surface area contributed by atoms with E-state index in [1.54, 1.807) is 0 Å². The summed E-state index contributed by atoms with van der Waals surface area (Å²) in [5.74, 6) is 3.79. The number of hydrogen-bond donors (Lipinski definition) is 2. The minimum Gasteiger partial charge on any atom is -0.478 e. The van der Waals surface area contributed by atoms with Crippen molar-refractivity contribution in [3.63, 3.8) is 0 Å². The number of hydrogen-bond acceptors (Lipinski definition) is 2. The van der Waals surface area contributed by atoms with Gasteiger partial charge in [-0.05, 0) is 27.2 Å². The molecule has 0 saturated heterocycles. The number of aliphatic carboxylic acids is 1. The fourth-order valence-electron chi connectivity index (χ4n) is 0.433. The Morgan fingerprint density at radius 1 is 1.31 bits per heavy atom. The Morgan fingerprint density at radius 2 is 1.77 bits per heavy atom. The van der Waals surface area contributed by atoms with Gasteiger partial charge in [-0.25, -0.2) is 4.79 Å². The molecule has 0 rings (SSSR count). The second kappa shape index (κ2) is 3.80. The van der Waals surface area contributed by atoms with E-state index in [-0.39, 0.29) is 5.41 Å². The first-order chi connectivity index (χ1) is 5.71. The van der Waals surface area contributed by atoms with Crippen molar-refractivity contribution in [2.45, 2.75) is 39.7 Å². The Hall–Kier alpha value is -1.01. The molecule has 0 aromatic heterocycles. The lowest BCUT2D eigenvalue weighted by molar-refractivity contribution is -0.151. The van der Waals surface area contributed by atoms with Gasteiger partial charge in [-0.2, -0.15) is 0 Å².